The van der Waals surface area contributed by atoms with Crippen LogP contribution in [0.4, 0.5) is 0 Å². The molecule has 0 aromatic rings. The summed E-state index contributed by atoms with van der Waals surface area (Å²) in [5, 5.41) is 0. The van der Waals surface area contributed by atoms with Crippen molar-refractivity contribution in [3.8, 4) is 0 Å². The molecule has 0 N–H and O–H groups in total. The van der Waals surface area contributed by atoms with Gasteiger partial charge in [0.1, 0.15) is 6.10 Å². The summed E-state index contributed by atoms with van der Waals surface area (Å²) in [5.41, 5.74) is 0. The molecule has 0 spiro atoms. The van der Waals surface area contributed by atoms with Crippen LogP contribution in [0.25, 0.3) is 0 Å². The fourth-order valence-electron chi connectivity index (χ4n) is 2.27. The van der Waals surface area contributed by atoms with Crippen molar-refractivity contribution >= 4 is 6.47 Å². The zero-order valence-electron chi connectivity index (χ0n) is 12.4. The fraction of sp³-hybridized carbons (Fsp3) is 0.938. The van der Waals surface area contributed by atoms with E-state index in [0.717, 1.165) is 12.8 Å². The third kappa shape index (κ3) is 11.9. The van der Waals surface area contributed by atoms with E-state index in [1.807, 2.05) is 0 Å². The van der Waals surface area contributed by atoms with Gasteiger partial charge in [-0.25, -0.2) is 4.79 Å². The Hall–Kier alpha value is -0.530. The molecule has 18 heavy (non-hydrogen) atoms. The molecule has 107 valence electrons. The first-order valence-electron chi connectivity index (χ1n) is 7.87. The van der Waals surface area contributed by atoms with Gasteiger partial charge in [0.2, 0.25) is 0 Å². The number of hydrogen-bond donors (Lipinski definition) is 0. The lowest BCUT2D eigenvalue weighted by atomic mass is 10.0. The van der Waals surface area contributed by atoms with E-state index in [1.165, 1.54) is 64.2 Å². The number of hydrogen-bond acceptors (Lipinski definition) is 2. The monoisotopic (exact) mass is 255 g/mol. The van der Waals surface area contributed by atoms with Crippen molar-refractivity contribution in [3.63, 3.8) is 0 Å². The van der Waals surface area contributed by atoms with Gasteiger partial charge in [0.15, 0.2) is 0 Å². The minimum Gasteiger partial charge on any atom is -0.454 e. The van der Waals surface area contributed by atoms with Gasteiger partial charge in [0.25, 0.3) is 0 Å². The molecule has 0 aliphatic heterocycles. The third-order valence-electron chi connectivity index (χ3n) is 3.55. The van der Waals surface area contributed by atoms with Crippen molar-refractivity contribution in [3.05, 3.63) is 0 Å². The lowest BCUT2D eigenvalue weighted by molar-refractivity contribution is 0.159. The zero-order chi connectivity index (χ0) is 13.5. The van der Waals surface area contributed by atoms with Gasteiger partial charge < -0.3 is 4.74 Å². The van der Waals surface area contributed by atoms with Crippen LogP contribution in [0.15, 0.2) is 0 Å². The summed E-state index contributed by atoms with van der Waals surface area (Å²) in [4.78, 5) is 10.1. The first kappa shape index (κ1) is 17.5. The predicted molar refractivity (Wildman–Crippen MR) is 77.3 cm³/mol. The Balaban J connectivity index is 3.12. The van der Waals surface area contributed by atoms with Crippen LogP contribution in [0.5, 0.6) is 0 Å². The summed E-state index contributed by atoms with van der Waals surface area (Å²) in [6, 6.07) is 0. The van der Waals surface area contributed by atoms with Gasteiger partial charge in [0.05, 0.1) is 0 Å². The fourth-order valence-corrected chi connectivity index (χ4v) is 2.27. The molecule has 0 bridgehead atoms. The average Bonchev–Trinajstić information content (AvgIpc) is 2.39. The summed E-state index contributed by atoms with van der Waals surface area (Å²) in [6.45, 7) is 5.87. The average molecular weight is 255 g/mol. The smallest absolute Gasteiger partial charge is 0.417 e. The zero-order valence-corrected chi connectivity index (χ0v) is 12.4. The summed E-state index contributed by atoms with van der Waals surface area (Å²) < 4.78 is 4.87. The second-order valence-electron chi connectivity index (χ2n) is 5.20. The Kier molecular flexibility index (Phi) is 14.1. The molecule has 1 unspecified atom stereocenters. The van der Waals surface area contributed by atoms with Crippen molar-refractivity contribution in [2.45, 2.75) is 97.0 Å². The molecule has 0 heterocycles. The number of rotatable bonds is 14. The van der Waals surface area contributed by atoms with Gasteiger partial charge in [-0.15, -0.1) is 0 Å². The van der Waals surface area contributed by atoms with Gasteiger partial charge in [0, 0.05) is 0 Å². The van der Waals surface area contributed by atoms with Crippen LogP contribution < -0.4 is 0 Å². The molecule has 0 aliphatic carbocycles. The van der Waals surface area contributed by atoms with E-state index in [1.54, 1.807) is 6.47 Å². The van der Waals surface area contributed by atoms with E-state index in [0.29, 0.717) is 0 Å². The minimum atomic E-state index is 0.0940. The Morgan fingerprint density at radius 3 is 1.78 bits per heavy atom. The van der Waals surface area contributed by atoms with Gasteiger partial charge >= 0.3 is 6.47 Å². The number of unbranched alkanes of at least 4 members (excludes halogenated alkanes) is 9. The van der Waals surface area contributed by atoms with Crippen molar-refractivity contribution < 1.29 is 9.53 Å². The molecule has 0 saturated heterocycles. The first-order valence-corrected chi connectivity index (χ1v) is 7.87. The molecule has 0 rings (SSSR count). The highest BCUT2D eigenvalue weighted by Crippen LogP contribution is 2.13. The molecule has 0 saturated carbocycles. The molecule has 1 radical (unpaired) electrons. The lowest BCUT2D eigenvalue weighted by Gasteiger charge is -2.11. The van der Waals surface area contributed by atoms with Crippen LogP contribution in [0, 0.1) is 0 Å². The van der Waals surface area contributed by atoms with E-state index < -0.39 is 0 Å². The van der Waals surface area contributed by atoms with Crippen molar-refractivity contribution in [1.82, 2.24) is 0 Å². The second-order valence-corrected chi connectivity index (χ2v) is 5.20. The molecule has 2 nitrogen and oxygen atoms in total. The SMILES string of the molecule is CCCCCCCCCCCCC(CC)O[C]=O. The standard InChI is InChI=1S/C16H31O2/c1-3-5-6-7-8-9-10-11-12-13-14-16(4-2)18-15-17/h16H,3-14H2,1-2H3. The molecule has 1 atom stereocenters. The van der Waals surface area contributed by atoms with Crippen molar-refractivity contribution in [1.29, 1.82) is 0 Å². The normalized spacial score (nSPS) is 12.3. The first-order chi connectivity index (χ1) is 8.85. The molecular formula is C16H31O2. The van der Waals surface area contributed by atoms with E-state index >= 15 is 0 Å². The molecule has 0 fully saturated rings. The van der Waals surface area contributed by atoms with Crippen LogP contribution in [0.1, 0.15) is 90.9 Å². The highest BCUT2D eigenvalue weighted by atomic mass is 16.5. The minimum absolute atomic E-state index is 0.0940. The van der Waals surface area contributed by atoms with E-state index in [2.05, 4.69) is 13.8 Å². The van der Waals surface area contributed by atoms with Crippen LogP contribution in [0.2, 0.25) is 0 Å². The van der Waals surface area contributed by atoms with Gasteiger partial charge in [-0.2, -0.15) is 0 Å². The second kappa shape index (κ2) is 14.5. The molecule has 0 aliphatic rings. The Morgan fingerprint density at radius 1 is 0.833 bits per heavy atom. The summed E-state index contributed by atoms with van der Waals surface area (Å²) in [5.74, 6) is 0. The predicted octanol–water partition coefficient (Wildman–Crippen LogP) is 5.16. The maximum absolute atomic E-state index is 10.1. The Morgan fingerprint density at radius 2 is 1.33 bits per heavy atom. The lowest BCUT2D eigenvalue weighted by Crippen LogP contribution is -2.10. The van der Waals surface area contributed by atoms with Crippen molar-refractivity contribution in [2.24, 2.45) is 0 Å². The summed E-state index contributed by atoms with van der Waals surface area (Å²) in [7, 11) is 0. The van der Waals surface area contributed by atoms with E-state index in [9.17, 15) is 4.79 Å². The van der Waals surface area contributed by atoms with Crippen molar-refractivity contribution in [2.75, 3.05) is 0 Å². The maximum atomic E-state index is 10.1. The topological polar surface area (TPSA) is 26.3 Å². The van der Waals surface area contributed by atoms with E-state index in [4.69, 9.17) is 4.74 Å². The van der Waals surface area contributed by atoms with Crippen LogP contribution in [-0.4, -0.2) is 12.6 Å². The van der Waals surface area contributed by atoms with Crippen LogP contribution in [0.3, 0.4) is 0 Å². The largest absolute Gasteiger partial charge is 0.454 e. The Labute approximate surface area is 113 Å². The van der Waals surface area contributed by atoms with Gasteiger partial charge in [-0.1, -0.05) is 71.6 Å². The van der Waals surface area contributed by atoms with Crippen LogP contribution >= 0.6 is 0 Å². The highest BCUT2D eigenvalue weighted by Gasteiger charge is 2.05. The summed E-state index contributed by atoms with van der Waals surface area (Å²) >= 11 is 0. The molecule has 0 aromatic carbocycles. The van der Waals surface area contributed by atoms with E-state index in [-0.39, 0.29) is 6.10 Å². The maximum Gasteiger partial charge on any atom is 0.417 e. The Bertz CT molecular complexity index is 168. The van der Waals surface area contributed by atoms with Crippen LogP contribution in [-0.2, 0) is 9.53 Å². The third-order valence-corrected chi connectivity index (χ3v) is 3.55. The molecular weight excluding hydrogens is 224 g/mol. The molecule has 0 aromatic heterocycles. The van der Waals surface area contributed by atoms with Gasteiger partial charge in [-0.3, -0.25) is 0 Å². The number of carbonyl (C=O) groups excluding carboxylic acids is 1. The molecule has 2 heteroatoms. The van der Waals surface area contributed by atoms with Gasteiger partial charge in [-0.05, 0) is 19.3 Å². The summed E-state index contributed by atoms with van der Waals surface area (Å²) in [6.07, 6.45) is 15.5. The number of ether oxygens (including phenoxy) is 1. The molecule has 0 amide bonds. The highest BCUT2D eigenvalue weighted by molar-refractivity contribution is 5.38. The quantitative estimate of drug-likeness (QED) is 0.401.